The van der Waals surface area contributed by atoms with Crippen LogP contribution in [0.1, 0.15) is 13.8 Å². The fourth-order valence-electron chi connectivity index (χ4n) is 0.123. The van der Waals surface area contributed by atoms with Gasteiger partial charge in [-0.15, -0.1) is 0 Å². The van der Waals surface area contributed by atoms with E-state index in [9.17, 15) is 0 Å². The Kier molecular flexibility index (Phi) is 4.44. The fourth-order valence-corrected chi connectivity index (χ4v) is 1.37. The zero-order valence-electron chi connectivity index (χ0n) is 4.62. The van der Waals surface area contributed by atoms with E-state index in [1.807, 2.05) is 0 Å². The number of halogens is 2. The van der Waals surface area contributed by atoms with E-state index < -0.39 is 0 Å². The zero-order chi connectivity index (χ0) is 5.86. The van der Waals surface area contributed by atoms with Crippen molar-refractivity contribution in [1.29, 1.82) is 0 Å². The molecule has 0 aromatic heterocycles. The van der Waals surface area contributed by atoms with Gasteiger partial charge in [-0.25, -0.2) is 0 Å². The maximum absolute atomic E-state index is 3.47. The van der Waals surface area contributed by atoms with Crippen molar-refractivity contribution in [3.05, 3.63) is 0 Å². The van der Waals surface area contributed by atoms with Crippen molar-refractivity contribution >= 4 is 31.9 Å². The van der Waals surface area contributed by atoms with E-state index >= 15 is 0 Å². The lowest BCUT2D eigenvalue weighted by Crippen LogP contribution is -2.06. The Labute approximate surface area is 61.9 Å². The van der Waals surface area contributed by atoms with E-state index in [1.165, 1.54) is 0 Å². The van der Waals surface area contributed by atoms with Crippen molar-refractivity contribution in [2.24, 2.45) is 5.92 Å². The summed E-state index contributed by atoms with van der Waals surface area (Å²) in [5.74, 6) is 0.736. The van der Waals surface area contributed by atoms with Crippen LogP contribution in [0.15, 0.2) is 0 Å². The molecule has 0 radical (unpaired) electrons. The van der Waals surface area contributed by atoms with Crippen molar-refractivity contribution in [2.75, 3.05) is 5.33 Å². The van der Waals surface area contributed by atoms with Gasteiger partial charge in [-0.2, -0.15) is 0 Å². The summed E-state index contributed by atoms with van der Waals surface area (Å²) in [4.78, 5) is 0.631. The third-order valence-electron chi connectivity index (χ3n) is 1.03. The van der Waals surface area contributed by atoms with Crippen LogP contribution in [-0.2, 0) is 0 Å². The van der Waals surface area contributed by atoms with Crippen molar-refractivity contribution in [2.45, 2.75) is 18.7 Å². The molecule has 0 N–H and O–H groups in total. The monoisotopic (exact) mass is 228 g/mol. The molecular formula is C5H10Br2. The first-order valence-corrected chi connectivity index (χ1v) is 4.42. The maximum Gasteiger partial charge on any atom is 0.0151 e. The van der Waals surface area contributed by atoms with Gasteiger partial charge in [0.05, 0.1) is 0 Å². The second-order valence-corrected chi connectivity index (χ2v) is 3.90. The molecule has 0 aromatic rings. The molecule has 44 valence electrons. The molecule has 0 saturated heterocycles. The van der Waals surface area contributed by atoms with Gasteiger partial charge in [0.1, 0.15) is 0 Å². The molecule has 0 fully saturated rings. The van der Waals surface area contributed by atoms with Crippen LogP contribution < -0.4 is 0 Å². The van der Waals surface area contributed by atoms with Crippen LogP contribution in [0.5, 0.6) is 0 Å². The van der Waals surface area contributed by atoms with Crippen molar-refractivity contribution in [3.8, 4) is 0 Å². The van der Waals surface area contributed by atoms with Gasteiger partial charge in [-0.05, 0) is 5.92 Å². The number of rotatable bonds is 2. The molecule has 0 aliphatic carbocycles. The average Bonchev–Trinajstić information content (AvgIpc) is 1.65. The van der Waals surface area contributed by atoms with Gasteiger partial charge in [0, 0.05) is 10.2 Å². The predicted octanol–water partition coefficient (Wildman–Crippen LogP) is 2.80. The summed E-state index contributed by atoms with van der Waals surface area (Å²) >= 11 is 6.86. The molecule has 2 heteroatoms. The van der Waals surface area contributed by atoms with Gasteiger partial charge in [0.25, 0.3) is 0 Å². The molecule has 0 spiro atoms. The lowest BCUT2D eigenvalue weighted by atomic mass is 10.2. The molecule has 0 heterocycles. The van der Waals surface area contributed by atoms with E-state index in [4.69, 9.17) is 0 Å². The molecule has 0 aliphatic heterocycles. The smallest absolute Gasteiger partial charge is 0.0151 e. The Balaban J connectivity index is 3.14. The Hall–Kier alpha value is 0.960. The molecule has 7 heavy (non-hydrogen) atoms. The summed E-state index contributed by atoms with van der Waals surface area (Å²) in [6.07, 6.45) is 0. The van der Waals surface area contributed by atoms with Gasteiger partial charge >= 0.3 is 0 Å². The molecule has 2 atom stereocenters. The minimum Gasteiger partial charge on any atom is -0.0925 e. The number of hydrogen-bond donors (Lipinski definition) is 0. The van der Waals surface area contributed by atoms with Crippen LogP contribution in [-0.4, -0.2) is 10.2 Å². The third-order valence-corrected chi connectivity index (χ3v) is 2.95. The highest BCUT2D eigenvalue weighted by Gasteiger charge is 2.04. The molecule has 0 rings (SSSR count). The summed E-state index contributed by atoms with van der Waals surface area (Å²) in [5, 5.41) is 1.08. The van der Waals surface area contributed by atoms with Crippen LogP contribution in [0.25, 0.3) is 0 Å². The first-order chi connectivity index (χ1) is 3.18. The highest BCUT2D eigenvalue weighted by molar-refractivity contribution is 9.10. The van der Waals surface area contributed by atoms with Gasteiger partial charge in [-0.1, -0.05) is 45.7 Å². The Morgan fingerprint density at radius 2 is 1.86 bits per heavy atom. The quantitative estimate of drug-likeness (QED) is 0.639. The van der Waals surface area contributed by atoms with Crippen molar-refractivity contribution < 1.29 is 0 Å². The Bertz CT molecular complexity index is 43.3. The van der Waals surface area contributed by atoms with Crippen LogP contribution in [0.3, 0.4) is 0 Å². The van der Waals surface area contributed by atoms with Crippen LogP contribution in [0, 0.1) is 5.92 Å². The van der Waals surface area contributed by atoms with Crippen LogP contribution in [0.4, 0.5) is 0 Å². The summed E-state index contributed by atoms with van der Waals surface area (Å²) in [6, 6.07) is 0. The zero-order valence-corrected chi connectivity index (χ0v) is 7.79. The molecular weight excluding hydrogens is 220 g/mol. The van der Waals surface area contributed by atoms with E-state index in [1.54, 1.807) is 0 Å². The lowest BCUT2D eigenvalue weighted by molar-refractivity contribution is 0.667. The van der Waals surface area contributed by atoms with Crippen molar-refractivity contribution in [3.63, 3.8) is 0 Å². The second kappa shape index (κ2) is 3.90. The standard InChI is InChI=1S/C5H10Br2/c1-4(3-6)5(2)7/h4-5H,3H2,1-2H3/t4-,5+/m1/s1. The van der Waals surface area contributed by atoms with Crippen LogP contribution >= 0.6 is 31.9 Å². The van der Waals surface area contributed by atoms with Gasteiger partial charge in [0.2, 0.25) is 0 Å². The SMILES string of the molecule is C[C@H](Br)[C@H](C)CBr. The Morgan fingerprint density at radius 1 is 1.43 bits per heavy atom. The van der Waals surface area contributed by atoms with Crippen molar-refractivity contribution in [1.82, 2.24) is 0 Å². The highest BCUT2D eigenvalue weighted by Crippen LogP contribution is 2.12. The number of alkyl halides is 2. The van der Waals surface area contributed by atoms with E-state index in [0.29, 0.717) is 4.83 Å². The molecule has 0 unspecified atom stereocenters. The van der Waals surface area contributed by atoms with Gasteiger partial charge in [-0.3, -0.25) is 0 Å². The highest BCUT2D eigenvalue weighted by atomic mass is 79.9. The summed E-state index contributed by atoms with van der Waals surface area (Å²) < 4.78 is 0. The fraction of sp³-hybridized carbons (Fsp3) is 1.00. The third kappa shape index (κ3) is 3.53. The minimum absolute atomic E-state index is 0.631. The predicted molar refractivity (Wildman–Crippen MR) is 41.3 cm³/mol. The lowest BCUT2D eigenvalue weighted by Gasteiger charge is -2.07. The summed E-state index contributed by atoms with van der Waals surface area (Å²) in [7, 11) is 0. The van der Waals surface area contributed by atoms with E-state index in [2.05, 4.69) is 45.7 Å². The summed E-state index contributed by atoms with van der Waals surface area (Å²) in [5.41, 5.74) is 0. The van der Waals surface area contributed by atoms with Crippen LogP contribution in [0.2, 0.25) is 0 Å². The molecule has 0 saturated carbocycles. The van der Waals surface area contributed by atoms with Gasteiger partial charge < -0.3 is 0 Å². The molecule has 0 bridgehead atoms. The first kappa shape index (κ1) is 7.96. The van der Waals surface area contributed by atoms with E-state index in [0.717, 1.165) is 11.2 Å². The maximum atomic E-state index is 3.47. The topological polar surface area (TPSA) is 0 Å². The first-order valence-electron chi connectivity index (χ1n) is 2.38. The number of hydrogen-bond acceptors (Lipinski definition) is 0. The molecule has 0 aromatic carbocycles. The Morgan fingerprint density at radius 3 is 1.86 bits per heavy atom. The van der Waals surface area contributed by atoms with E-state index in [-0.39, 0.29) is 0 Å². The average molecular weight is 230 g/mol. The summed E-state index contributed by atoms with van der Waals surface area (Å²) in [6.45, 7) is 4.36. The van der Waals surface area contributed by atoms with Gasteiger partial charge in [0.15, 0.2) is 0 Å². The normalized spacial score (nSPS) is 18.9. The minimum atomic E-state index is 0.631. The largest absolute Gasteiger partial charge is 0.0925 e. The second-order valence-electron chi connectivity index (χ2n) is 1.81. The molecule has 0 amide bonds. The molecule has 0 aliphatic rings. The molecule has 0 nitrogen and oxygen atoms in total.